The Morgan fingerprint density at radius 1 is 1.44 bits per heavy atom. The summed E-state index contributed by atoms with van der Waals surface area (Å²) < 4.78 is 29.1. The number of hydrogen-bond acceptors (Lipinski definition) is 4. The number of fused-ring (bicyclic) bond motifs is 1. The zero-order valence-electron chi connectivity index (χ0n) is 8.75. The van der Waals surface area contributed by atoms with Gasteiger partial charge >= 0.3 is 0 Å². The van der Waals surface area contributed by atoms with Gasteiger partial charge < -0.3 is 14.2 Å². The first-order valence-corrected chi connectivity index (χ1v) is 4.84. The summed E-state index contributed by atoms with van der Waals surface area (Å²) >= 11 is 0. The molecule has 0 saturated carbocycles. The van der Waals surface area contributed by atoms with E-state index < -0.39 is 5.82 Å². The molecule has 0 aromatic heterocycles. The Bertz CT molecular complexity index is 454. The van der Waals surface area contributed by atoms with Crippen LogP contribution in [0.25, 0.3) is 0 Å². The molecular weight excluding hydrogens is 213 g/mol. The lowest BCUT2D eigenvalue weighted by molar-refractivity contribution is 0.296. The molecule has 0 atom stereocenters. The molecule has 0 aliphatic carbocycles. The summed E-state index contributed by atoms with van der Waals surface area (Å²) in [5.74, 6) is -0.208. The van der Waals surface area contributed by atoms with E-state index in [2.05, 4.69) is 0 Å². The maximum absolute atomic E-state index is 13.5. The number of ether oxygens (including phenoxy) is 3. The van der Waals surface area contributed by atoms with Gasteiger partial charge in [-0.25, -0.2) is 4.39 Å². The zero-order valence-corrected chi connectivity index (χ0v) is 8.75. The lowest BCUT2D eigenvalue weighted by Crippen LogP contribution is -2.00. The Labute approximate surface area is 92.1 Å². The summed E-state index contributed by atoms with van der Waals surface area (Å²) in [6.45, 7) is 0.889. The van der Waals surface area contributed by atoms with Crippen molar-refractivity contribution < 1.29 is 18.6 Å². The van der Waals surface area contributed by atoms with Gasteiger partial charge in [0.2, 0.25) is 0 Å². The van der Waals surface area contributed by atoms with Crippen molar-refractivity contribution in [1.29, 1.82) is 5.26 Å². The van der Waals surface area contributed by atoms with Crippen LogP contribution in [0.1, 0.15) is 12.0 Å². The summed E-state index contributed by atoms with van der Waals surface area (Å²) in [5.41, 5.74) is 0.0411. The van der Waals surface area contributed by atoms with Crippen LogP contribution in [0.15, 0.2) is 6.07 Å². The number of benzene rings is 1. The topological polar surface area (TPSA) is 51.5 Å². The average Bonchev–Trinajstić information content (AvgIpc) is 2.52. The fourth-order valence-electron chi connectivity index (χ4n) is 1.56. The van der Waals surface area contributed by atoms with Crippen molar-refractivity contribution in [3.05, 3.63) is 17.4 Å². The first-order valence-electron chi connectivity index (χ1n) is 4.84. The highest BCUT2D eigenvalue weighted by Gasteiger charge is 2.22. The van der Waals surface area contributed by atoms with Gasteiger partial charge in [0.25, 0.3) is 0 Å². The van der Waals surface area contributed by atoms with Gasteiger partial charge in [-0.3, -0.25) is 0 Å². The van der Waals surface area contributed by atoms with Crippen LogP contribution in [0.2, 0.25) is 0 Å². The molecule has 1 heterocycles. The number of nitriles is 1. The molecule has 0 spiro atoms. The van der Waals surface area contributed by atoms with Crippen LogP contribution in [0.3, 0.4) is 0 Å². The van der Waals surface area contributed by atoms with Crippen LogP contribution < -0.4 is 14.2 Å². The fraction of sp³-hybridized carbons (Fsp3) is 0.364. The number of methoxy groups -OCH3 is 1. The highest BCUT2D eigenvalue weighted by atomic mass is 19.1. The third kappa shape index (κ3) is 1.63. The van der Waals surface area contributed by atoms with Crippen LogP contribution in [-0.4, -0.2) is 20.3 Å². The van der Waals surface area contributed by atoms with Crippen molar-refractivity contribution in [2.24, 2.45) is 0 Å². The standard InChI is InChI=1S/C11H10FNO3/c1-14-10-7(6-13)11-9(5-8(10)12)15-3-2-4-16-11/h5H,2-4H2,1H3. The van der Waals surface area contributed by atoms with Gasteiger partial charge in [0.05, 0.1) is 20.3 Å². The van der Waals surface area contributed by atoms with Crippen molar-refractivity contribution in [2.75, 3.05) is 20.3 Å². The minimum atomic E-state index is -0.622. The van der Waals surface area contributed by atoms with Gasteiger partial charge in [0.1, 0.15) is 11.6 Å². The Balaban J connectivity index is 2.62. The average molecular weight is 223 g/mol. The molecule has 4 nitrogen and oxygen atoms in total. The Hall–Kier alpha value is -1.96. The first-order chi connectivity index (χ1) is 7.77. The molecule has 0 amide bonds. The van der Waals surface area contributed by atoms with Crippen LogP contribution >= 0.6 is 0 Å². The molecule has 0 fully saturated rings. The van der Waals surface area contributed by atoms with Crippen LogP contribution in [0.4, 0.5) is 4.39 Å². The second kappa shape index (κ2) is 4.27. The molecule has 1 aliphatic heterocycles. The van der Waals surface area contributed by atoms with Gasteiger partial charge in [0.15, 0.2) is 23.1 Å². The van der Waals surface area contributed by atoms with E-state index in [9.17, 15) is 4.39 Å². The predicted molar refractivity (Wildman–Crippen MR) is 53.3 cm³/mol. The third-order valence-electron chi connectivity index (χ3n) is 2.26. The highest BCUT2D eigenvalue weighted by Crippen LogP contribution is 2.40. The van der Waals surface area contributed by atoms with Gasteiger partial charge in [-0.1, -0.05) is 0 Å². The summed E-state index contributed by atoms with van der Waals surface area (Å²) in [6.07, 6.45) is 0.698. The second-order valence-corrected chi connectivity index (χ2v) is 3.26. The Kier molecular flexibility index (Phi) is 2.82. The SMILES string of the molecule is COc1c(F)cc2c(c1C#N)OCCCO2. The molecule has 1 aromatic carbocycles. The third-order valence-corrected chi connectivity index (χ3v) is 2.26. The van der Waals surface area contributed by atoms with Crippen LogP contribution in [0, 0.1) is 17.1 Å². The van der Waals surface area contributed by atoms with E-state index in [1.807, 2.05) is 6.07 Å². The van der Waals surface area contributed by atoms with Crippen molar-refractivity contribution in [2.45, 2.75) is 6.42 Å². The van der Waals surface area contributed by atoms with Gasteiger partial charge in [-0.15, -0.1) is 0 Å². The van der Waals surface area contributed by atoms with Gasteiger partial charge in [-0.2, -0.15) is 5.26 Å². The quantitative estimate of drug-likeness (QED) is 0.729. The van der Waals surface area contributed by atoms with Crippen LogP contribution in [-0.2, 0) is 0 Å². The number of nitrogens with zero attached hydrogens (tertiary/aromatic N) is 1. The first kappa shape index (κ1) is 10.6. The van der Waals surface area contributed by atoms with Crippen molar-refractivity contribution in [3.63, 3.8) is 0 Å². The molecule has 1 aromatic rings. The molecule has 84 valence electrons. The van der Waals surface area contributed by atoms with Crippen molar-refractivity contribution >= 4 is 0 Å². The minimum Gasteiger partial charge on any atom is -0.492 e. The van der Waals surface area contributed by atoms with Crippen molar-refractivity contribution in [1.82, 2.24) is 0 Å². The largest absolute Gasteiger partial charge is 0.492 e. The van der Waals surface area contributed by atoms with Crippen molar-refractivity contribution in [3.8, 4) is 23.3 Å². The monoisotopic (exact) mass is 223 g/mol. The maximum atomic E-state index is 13.5. The summed E-state index contributed by atoms with van der Waals surface area (Å²) in [5, 5.41) is 8.99. The summed E-state index contributed by atoms with van der Waals surface area (Å²) in [6, 6.07) is 3.05. The Morgan fingerprint density at radius 3 is 2.88 bits per heavy atom. The van der Waals surface area contributed by atoms with Gasteiger partial charge in [-0.05, 0) is 0 Å². The lowest BCUT2D eigenvalue weighted by atomic mass is 10.1. The summed E-state index contributed by atoms with van der Waals surface area (Å²) in [7, 11) is 1.31. The number of hydrogen-bond donors (Lipinski definition) is 0. The molecule has 0 saturated heterocycles. The van der Waals surface area contributed by atoms with E-state index in [0.29, 0.717) is 19.6 Å². The predicted octanol–water partition coefficient (Wildman–Crippen LogP) is 1.87. The number of rotatable bonds is 1. The van der Waals surface area contributed by atoms with Crippen LogP contribution in [0.5, 0.6) is 17.2 Å². The van der Waals surface area contributed by atoms with Gasteiger partial charge in [0, 0.05) is 12.5 Å². The lowest BCUT2D eigenvalue weighted by Gasteiger charge is -2.12. The zero-order chi connectivity index (χ0) is 11.5. The van der Waals surface area contributed by atoms with E-state index in [1.165, 1.54) is 13.2 Å². The fourth-order valence-corrected chi connectivity index (χ4v) is 1.56. The normalized spacial score (nSPS) is 13.8. The molecule has 16 heavy (non-hydrogen) atoms. The maximum Gasteiger partial charge on any atom is 0.182 e. The molecule has 1 aliphatic rings. The number of halogens is 1. The smallest absolute Gasteiger partial charge is 0.182 e. The Morgan fingerprint density at radius 2 is 2.19 bits per heavy atom. The highest BCUT2D eigenvalue weighted by molar-refractivity contribution is 5.60. The molecule has 0 bridgehead atoms. The molecular formula is C11H10FNO3. The molecule has 0 radical (unpaired) electrons. The molecule has 0 N–H and O–H groups in total. The van der Waals surface area contributed by atoms with E-state index in [0.717, 1.165) is 0 Å². The minimum absolute atomic E-state index is 0.0411. The van der Waals surface area contributed by atoms with E-state index in [-0.39, 0.29) is 22.8 Å². The molecule has 2 rings (SSSR count). The molecule has 0 unspecified atom stereocenters. The second-order valence-electron chi connectivity index (χ2n) is 3.26. The van der Waals surface area contributed by atoms with E-state index in [4.69, 9.17) is 19.5 Å². The van der Waals surface area contributed by atoms with E-state index in [1.54, 1.807) is 0 Å². The summed E-state index contributed by atoms with van der Waals surface area (Å²) in [4.78, 5) is 0. The van der Waals surface area contributed by atoms with E-state index >= 15 is 0 Å². The molecule has 5 heteroatoms.